The molecule has 0 unspecified atom stereocenters. The Bertz CT molecular complexity index is 306. The summed E-state index contributed by atoms with van der Waals surface area (Å²) >= 11 is 0. The molecule has 14 heavy (non-hydrogen) atoms. The Hall–Kier alpha value is -0.760. The Morgan fingerprint density at radius 3 is 3.00 bits per heavy atom. The van der Waals surface area contributed by atoms with E-state index in [9.17, 15) is 4.79 Å². The maximum absolute atomic E-state index is 11.0. The summed E-state index contributed by atoms with van der Waals surface area (Å²) in [5.41, 5.74) is 0.422. The fraction of sp³-hybridized carbons (Fsp3) is 0.375. The molecular formula is C8H11IN2O3. The Morgan fingerprint density at radius 2 is 2.43 bits per heavy atom. The molecule has 5 nitrogen and oxygen atoms in total. The molecular weight excluding hydrogens is 299 g/mol. The Labute approximate surface area is 98.7 Å². The van der Waals surface area contributed by atoms with Gasteiger partial charge in [-0.1, -0.05) is 4.68 Å². The highest BCUT2D eigenvalue weighted by molar-refractivity contribution is 5.88. The van der Waals surface area contributed by atoms with Gasteiger partial charge in [0.25, 0.3) is 0 Å². The molecule has 0 aliphatic carbocycles. The van der Waals surface area contributed by atoms with E-state index in [1.807, 2.05) is 0 Å². The molecule has 0 radical (unpaired) electrons. The van der Waals surface area contributed by atoms with E-state index in [2.05, 4.69) is 9.84 Å². The summed E-state index contributed by atoms with van der Waals surface area (Å²) in [6.45, 7) is 0.354. The predicted octanol–water partition coefficient (Wildman–Crippen LogP) is -3.85. The van der Waals surface area contributed by atoms with E-state index in [1.54, 1.807) is 6.07 Å². The van der Waals surface area contributed by atoms with Crippen molar-refractivity contribution in [2.45, 2.75) is 6.54 Å². The number of carbonyl (C=O) groups excluding carboxylic acids is 1. The zero-order chi connectivity index (χ0) is 9.68. The number of nitrogens with zero attached hydrogens (tertiary/aromatic N) is 2. The van der Waals surface area contributed by atoms with Gasteiger partial charge in [-0.2, -0.15) is 0 Å². The highest BCUT2D eigenvalue weighted by atomic mass is 127. The number of hydrogen-bond acceptors (Lipinski definition) is 4. The molecule has 0 bridgehead atoms. The van der Waals surface area contributed by atoms with E-state index < -0.39 is 5.97 Å². The van der Waals surface area contributed by atoms with Crippen LogP contribution in [-0.4, -0.2) is 29.9 Å². The number of ether oxygens (including phenoxy) is 1. The molecule has 0 fully saturated rings. The van der Waals surface area contributed by atoms with E-state index in [-0.39, 0.29) is 30.6 Å². The van der Waals surface area contributed by atoms with Gasteiger partial charge in [0, 0.05) is 0 Å². The Kier molecular flexibility index (Phi) is 6.30. The van der Waals surface area contributed by atoms with Gasteiger partial charge in [-0.3, -0.25) is 0 Å². The topological polar surface area (TPSA) is 63.3 Å². The van der Waals surface area contributed by atoms with Crippen LogP contribution >= 0.6 is 0 Å². The molecule has 0 amide bonds. The Morgan fingerprint density at radius 1 is 1.71 bits per heavy atom. The van der Waals surface area contributed by atoms with Crippen LogP contribution in [0.2, 0.25) is 0 Å². The quantitative estimate of drug-likeness (QED) is 0.353. The molecule has 0 aliphatic rings. The van der Waals surface area contributed by atoms with Gasteiger partial charge in [0.2, 0.25) is 6.20 Å². The lowest BCUT2D eigenvalue weighted by molar-refractivity contribution is -0.754. The van der Waals surface area contributed by atoms with Crippen molar-refractivity contribution in [3.8, 4) is 0 Å². The molecule has 0 spiro atoms. The van der Waals surface area contributed by atoms with Gasteiger partial charge in [0.1, 0.15) is 12.2 Å². The first-order chi connectivity index (χ1) is 6.27. The van der Waals surface area contributed by atoms with Crippen LogP contribution in [0.25, 0.3) is 0 Å². The van der Waals surface area contributed by atoms with Crippen LogP contribution in [0.3, 0.4) is 0 Å². The second-order valence-corrected chi connectivity index (χ2v) is 2.39. The van der Waals surface area contributed by atoms with Crippen LogP contribution in [-0.2, 0) is 11.3 Å². The second kappa shape index (κ2) is 6.66. The minimum absolute atomic E-state index is 0. The van der Waals surface area contributed by atoms with E-state index in [0.717, 1.165) is 0 Å². The summed E-state index contributed by atoms with van der Waals surface area (Å²) in [6, 6.07) is 1.56. The molecule has 0 saturated heterocycles. The highest BCUT2D eigenvalue weighted by Gasteiger charge is 2.10. The lowest BCUT2D eigenvalue weighted by Crippen LogP contribution is -3.00. The van der Waals surface area contributed by atoms with E-state index in [1.165, 1.54) is 24.2 Å². The smallest absolute Gasteiger partial charge is 0.344 e. The minimum Gasteiger partial charge on any atom is -1.00 e. The van der Waals surface area contributed by atoms with Crippen LogP contribution < -0.4 is 28.7 Å². The molecule has 1 N–H and O–H groups in total. The van der Waals surface area contributed by atoms with Crippen LogP contribution in [0.4, 0.5) is 0 Å². The van der Waals surface area contributed by atoms with Gasteiger partial charge in [-0.05, 0) is 11.2 Å². The maximum Gasteiger partial charge on any atom is 0.344 e. The van der Waals surface area contributed by atoms with E-state index in [0.29, 0.717) is 12.1 Å². The molecule has 0 aliphatic heterocycles. The monoisotopic (exact) mass is 310 g/mol. The summed E-state index contributed by atoms with van der Waals surface area (Å²) in [6.07, 6.45) is 3.02. The van der Waals surface area contributed by atoms with E-state index in [4.69, 9.17) is 5.11 Å². The molecule has 1 aromatic heterocycles. The average molecular weight is 310 g/mol. The van der Waals surface area contributed by atoms with Crippen molar-refractivity contribution in [1.29, 1.82) is 0 Å². The normalized spacial score (nSPS) is 9.00. The molecule has 0 saturated carbocycles. The van der Waals surface area contributed by atoms with Gasteiger partial charge in [-0.15, -0.1) is 0 Å². The fourth-order valence-corrected chi connectivity index (χ4v) is 0.900. The van der Waals surface area contributed by atoms with Crippen molar-refractivity contribution >= 4 is 5.97 Å². The molecule has 78 valence electrons. The van der Waals surface area contributed by atoms with Gasteiger partial charge >= 0.3 is 5.97 Å². The van der Waals surface area contributed by atoms with Crippen molar-refractivity contribution in [2.24, 2.45) is 0 Å². The van der Waals surface area contributed by atoms with Crippen LogP contribution in [0.1, 0.15) is 10.4 Å². The molecule has 6 heteroatoms. The molecule has 1 heterocycles. The van der Waals surface area contributed by atoms with Crippen molar-refractivity contribution in [1.82, 2.24) is 5.10 Å². The lowest BCUT2D eigenvalue weighted by Gasteiger charge is -1.95. The number of esters is 1. The van der Waals surface area contributed by atoms with Crippen molar-refractivity contribution in [2.75, 3.05) is 13.7 Å². The maximum atomic E-state index is 11.0. The van der Waals surface area contributed by atoms with Gasteiger partial charge in [0.05, 0.1) is 13.3 Å². The summed E-state index contributed by atoms with van der Waals surface area (Å²) in [4.78, 5) is 11.0. The third kappa shape index (κ3) is 3.54. The summed E-state index contributed by atoms with van der Waals surface area (Å²) in [5, 5.41) is 12.5. The van der Waals surface area contributed by atoms with Crippen LogP contribution in [0, 0.1) is 0 Å². The summed E-state index contributed by atoms with van der Waals surface area (Å²) < 4.78 is 6.01. The third-order valence-corrected chi connectivity index (χ3v) is 1.51. The van der Waals surface area contributed by atoms with Crippen LogP contribution in [0.5, 0.6) is 0 Å². The number of aromatic nitrogens is 2. The first-order valence-electron chi connectivity index (χ1n) is 3.83. The number of hydrogen-bond donors (Lipinski definition) is 1. The largest absolute Gasteiger partial charge is 1.00 e. The summed E-state index contributed by atoms with van der Waals surface area (Å²) in [5.74, 6) is -0.408. The molecule has 0 aromatic carbocycles. The van der Waals surface area contributed by atoms with Gasteiger partial charge in [-0.25, -0.2) is 4.79 Å². The van der Waals surface area contributed by atoms with Crippen molar-refractivity contribution in [3.63, 3.8) is 0 Å². The second-order valence-electron chi connectivity index (χ2n) is 2.39. The number of aliphatic hydroxyl groups is 1. The minimum atomic E-state index is -0.408. The van der Waals surface area contributed by atoms with Gasteiger partial charge < -0.3 is 33.8 Å². The first kappa shape index (κ1) is 13.2. The first-order valence-corrected chi connectivity index (χ1v) is 3.83. The highest BCUT2D eigenvalue weighted by Crippen LogP contribution is 1.94. The predicted molar refractivity (Wildman–Crippen MR) is 42.9 cm³/mol. The zero-order valence-electron chi connectivity index (χ0n) is 7.68. The van der Waals surface area contributed by atoms with E-state index >= 15 is 0 Å². The standard InChI is InChI=1S/C8H11N2O3.HI/c1-13-8(12)7-2-3-9-10(6-7)4-5-11;/h2-3,6,11H,4-5H2,1H3;1H/q+1;/p-1. The number of aliphatic hydroxyl groups excluding tert-OH is 1. The van der Waals surface area contributed by atoms with Crippen molar-refractivity contribution < 1.29 is 43.3 Å². The Balaban J connectivity index is 0.00000169. The molecule has 1 aromatic rings. The van der Waals surface area contributed by atoms with Gasteiger partial charge in [0.15, 0.2) is 6.54 Å². The fourth-order valence-electron chi connectivity index (χ4n) is 0.900. The van der Waals surface area contributed by atoms with Crippen LogP contribution in [0.15, 0.2) is 18.5 Å². The summed E-state index contributed by atoms with van der Waals surface area (Å²) in [7, 11) is 1.32. The molecule has 0 atom stereocenters. The average Bonchev–Trinajstić information content (AvgIpc) is 2.18. The SMILES string of the molecule is COC(=O)c1ccn[n+](CCO)c1.[I-]. The number of carbonyl (C=O) groups is 1. The lowest BCUT2D eigenvalue weighted by atomic mass is 10.3. The number of rotatable bonds is 3. The number of halogens is 1. The zero-order valence-corrected chi connectivity index (χ0v) is 9.84. The van der Waals surface area contributed by atoms with Crippen molar-refractivity contribution in [3.05, 3.63) is 24.0 Å². The third-order valence-electron chi connectivity index (χ3n) is 1.51. The molecule has 1 rings (SSSR count). The number of methoxy groups -OCH3 is 1.